The van der Waals surface area contributed by atoms with Crippen molar-refractivity contribution in [3.8, 4) is 5.75 Å². The van der Waals surface area contributed by atoms with Crippen molar-refractivity contribution in [2.75, 3.05) is 33.9 Å². The van der Waals surface area contributed by atoms with Gasteiger partial charge < -0.3 is 14.4 Å². The molecule has 0 bridgehead atoms. The molecule has 0 saturated heterocycles. The van der Waals surface area contributed by atoms with Crippen LogP contribution in [0.4, 0.5) is 0 Å². The van der Waals surface area contributed by atoms with E-state index in [0.29, 0.717) is 26.0 Å². The van der Waals surface area contributed by atoms with Crippen molar-refractivity contribution in [1.82, 2.24) is 9.91 Å². The van der Waals surface area contributed by atoms with Gasteiger partial charge in [-0.3, -0.25) is 9.59 Å². The molecule has 32 heavy (non-hydrogen) atoms. The lowest BCUT2D eigenvalue weighted by Crippen LogP contribution is -2.42. The summed E-state index contributed by atoms with van der Waals surface area (Å²) in [6.45, 7) is 4.52. The number of carbonyl (C=O) groups is 2. The van der Waals surface area contributed by atoms with Crippen LogP contribution in [0, 0.1) is 6.92 Å². The third-order valence-electron chi connectivity index (χ3n) is 5.58. The minimum atomic E-state index is -0.231. The highest BCUT2D eigenvalue weighted by Crippen LogP contribution is 2.33. The molecule has 2 aromatic carbocycles. The molecule has 1 aliphatic rings. The lowest BCUT2D eigenvalue weighted by molar-refractivity contribution is -0.141. The minimum absolute atomic E-state index is 0.0344. The lowest BCUT2D eigenvalue weighted by Gasteiger charge is -2.26. The van der Waals surface area contributed by atoms with Gasteiger partial charge in [-0.15, -0.1) is 0 Å². The largest absolute Gasteiger partial charge is 0.497 e. The number of methoxy groups -OCH3 is 2. The van der Waals surface area contributed by atoms with Gasteiger partial charge in [0.2, 0.25) is 5.91 Å². The Kier molecular flexibility index (Phi) is 8.00. The minimum Gasteiger partial charge on any atom is -0.497 e. The maximum atomic E-state index is 13.3. The Balaban J connectivity index is 1.90. The smallest absolute Gasteiger partial charge is 0.262 e. The average molecular weight is 438 g/mol. The zero-order valence-corrected chi connectivity index (χ0v) is 19.2. The number of hydrogen-bond donors (Lipinski definition) is 0. The van der Waals surface area contributed by atoms with E-state index in [2.05, 4.69) is 0 Å². The molecule has 2 amide bonds. The van der Waals surface area contributed by atoms with E-state index >= 15 is 0 Å². The second-order valence-corrected chi connectivity index (χ2v) is 7.81. The molecule has 7 nitrogen and oxygen atoms in total. The van der Waals surface area contributed by atoms with E-state index in [1.165, 1.54) is 9.91 Å². The van der Waals surface area contributed by atoms with E-state index in [1.807, 2.05) is 55.5 Å². The van der Waals surface area contributed by atoms with Gasteiger partial charge in [0.25, 0.3) is 5.91 Å². The number of rotatable bonds is 9. The summed E-state index contributed by atoms with van der Waals surface area (Å²) in [6.07, 6.45) is 0.915. The SMILES string of the molecule is CCC(=O)N(CCOC)CC(=O)N1N=C(c2cccc(OC)c2)C[C@H]1c1ccc(C)cc1. The fraction of sp³-hybridized carbons (Fsp3) is 0.400. The van der Waals surface area contributed by atoms with Crippen LogP contribution in [0.3, 0.4) is 0 Å². The first-order chi connectivity index (χ1) is 15.5. The van der Waals surface area contributed by atoms with Gasteiger partial charge in [-0.2, -0.15) is 5.10 Å². The molecule has 3 rings (SSSR count). The van der Waals surface area contributed by atoms with Gasteiger partial charge >= 0.3 is 0 Å². The predicted octanol–water partition coefficient (Wildman–Crippen LogP) is 3.57. The molecule has 1 atom stereocenters. The van der Waals surface area contributed by atoms with Gasteiger partial charge in [0.05, 0.1) is 25.5 Å². The van der Waals surface area contributed by atoms with E-state index in [4.69, 9.17) is 14.6 Å². The number of carbonyl (C=O) groups excluding carboxylic acids is 2. The highest BCUT2D eigenvalue weighted by molar-refractivity contribution is 6.03. The second kappa shape index (κ2) is 10.9. The molecule has 170 valence electrons. The summed E-state index contributed by atoms with van der Waals surface area (Å²) < 4.78 is 10.5. The van der Waals surface area contributed by atoms with Crippen LogP contribution in [0.1, 0.15) is 42.5 Å². The summed E-state index contributed by atoms with van der Waals surface area (Å²) in [5, 5.41) is 6.24. The fourth-order valence-corrected chi connectivity index (χ4v) is 3.72. The molecule has 0 N–H and O–H groups in total. The van der Waals surface area contributed by atoms with Gasteiger partial charge in [0.15, 0.2) is 0 Å². The van der Waals surface area contributed by atoms with Gasteiger partial charge in [-0.1, -0.05) is 48.9 Å². The number of amides is 2. The van der Waals surface area contributed by atoms with Crippen LogP contribution in [0.25, 0.3) is 0 Å². The van der Waals surface area contributed by atoms with Gasteiger partial charge in [0, 0.05) is 32.1 Å². The van der Waals surface area contributed by atoms with Crippen LogP contribution in [-0.4, -0.2) is 61.4 Å². The van der Waals surface area contributed by atoms with Crippen LogP contribution in [0.15, 0.2) is 53.6 Å². The summed E-state index contributed by atoms with van der Waals surface area (Å²) in [5.41, 5.74) is 3.89. The molecular formula is C25H31N3O4. The van der Waals surface area contributed by atoms with E-state index in [0.717, 1.165) is 28.2 Å². The summed E-state index contributed by atoms with van der Waals surface area (Å²) in [4.78, 5) is 27.3. The number of nitrogens with zero attached hydrogens (tertiary/aromatic N) is 3. The zero-order chi connectivity index (χ0) is 23.1. The second-order valence-electron chi connectivity index (χ2n) is 7.81. The van der Waals surface area contributed by atoms with Gasteiger partial charge in [0.1, 0.15) is 12.3 Å². The van der Waals surface area contributed by atoms with Crippen LogP contribution < -0.4 is 4.74 Å². The van der Waals surface area contributed by atoms with Crippen molar-refractivity contribution in [1.29, 1.82) is 0 Å². The molecule has 0 aromatic heterocycles. The predicted molar refractivity (Wildman–Crippen MR) is 124 cm³/mol. The van der Waals surface area contributed by atoms with Crippen molar-refractivity contribution >= 4 is 17.5 Å². The van der Waals surface area contributed by atoms with Gasteiger partial charge in [-0.05, 0) is 24.6 Å². The topological polar surface area (TPSA) is 71.4 Å². The van der Waals surface area contributed by atoms with Crippen LogP contribution in [0.2, 0.25) is 0 Å². The molecular weight excluding hydrogens is 406 g/mol. The Morgan fingerprint density at radius 2 is 1.91 bits per heavy atom. The molecule has 0 saturated carbocycles. The zero-order valence-electron chi connectivity index (χ0n) is 19.2. The van der Waals surface area contributed by atoms with Crippen molar-refractivity contribution in [3.05, 3.63) is 65.2 Å². The Bertz CT molecular complexity index is 971. The Morgan fingerprint density at radius 1 is 1.16 bits per heavy atom. The van der Waals surface area contributed by atoms with E-state index < -0.39 is 0 Å². The standard InChI is InChI=1S/C25H31N3O4/c1-5-24(29)27(13-14-31-3)17-25(30)28-23(19-11-9-18(2)10-12-19)16-22(26-28)20-7-6-8-21(15-20)32-4/h6-12,15,23H,5,13-14,16-17H2,1-4H3/t23-/m0/s1. The quantitative estimate of drug-likeness (QED) is 0.601. The molecule has 2 aromatic rings. The maximum absolute atomic E-state index is 13.3. The third kappa shape index (κ3) is 5.53. The third-order valence-corrected chi connectivity index (χ3v) is 5.58. The molecule has 1 aliphatic heterocycles. The monoisotopic (exact) mass is 437 g/mol. The number of hydrogen-bond acceptors (Lipinski definition) is 5. The fourth-order valence-electron chi connectivity index (χ4n) is 3.72. The van der Waals surface area contributed by atoms with Crippen molar-refractivity contribution < 1.29 is 19.1 Å². The van der Waals surface area contributed by atoms with Crippen molar-refractivity contribution in [2.24, 2.45) is 5.10 Å². The summed E-state index contributed by atoms with van der Waals surface area (Å²) in [5.74, 6) is 0.436. The summed E-state index contributed by atoms with van der Waals surface area (Å²) >= 11 is 0. The van der Waals surface area contributed by atoms with Crippen molar-refractivity contribution in [3.63, 3.8) is 0 Å². The number of hydrazone groups is 1. The normalized spacial score (nSPS) is 15.4. The molecule has 0 fully saturated rings. The van der Waals surface area contributed by atoms with E-state index in [-0.39, 0.29) is 24.4 Å². The lowest BCUT2D eigenvalue weighted by atomic mass is 9.97. The Hall–Kier alpha value is -3.19. The molecule has 1 heterocycles. The molecule has 0 radical (unpaired) electrons. The number of benzene rings is 2. The summed E-state index contributed by atoms with van der Waals surface area (Å²) in [7, 11) is 3.20. The number of ether oxygens (including phenoxy) is 2. The average Bonchev–Trinajstić information content (AvgIpc) is 3.27. The molecule has 7 heteroatoms. The first-order valence-electron chi connectivity index (χ1n) is 10.8. The summed E-state index contributed by atoms with van der Waals surface area (Å²) in [6, 6.07) is 15.6. The molecule has 0 unspecified atom stereocenters. The molecule has 0 spiro atoms. The van der Waals surface area contributed by atoms with Crippen LogP contribution >= 0.6 is 0 Å². The Morgan fingerprint density at radius 3 is 2.56 bits per heavy atom. The van der Waals surface area contributed by atoms with Crippen LogP contribution in [-0.2, 0) is 14.3 Å². The maximum Gasteiger partial charge on any atom is 0.262 e. The number of aryl methyl sites for hydroxylation is 1. The highest BCUT2D eigenvalue weighted by atomic mass is 16.5. The van der Waals surface area contributed by atoms with Crippen molar-refractivity contribution in [2.45, 2.75) is 32.7 Å². The highest BCUT2D eigenvalue weighted by Gasteiger charge is 2.34. The molecule has 0 aliphatic carbocycles. The van der Waals surface area contributed by atoms with E-state index in [1.54, 1.807) is 21.1 Å². The van der Waals surface area contributed by atoms with Gasteiger partial charge in [-0.25, -0.2) is 5.01 Å². The Labute approximate surface area is 189 Å². The first kappa shape index (κ1) is 23.5. The van der Waals surface area contributed by atoms with E-state index in [9.17, 15) is 9.59 Å². The van der Waals surface area contributed by atoms with Crippen LogP contribution in [0.5, 0.6) is 5.75 Å². The first-order valence-corrected chi connectivity index (χ1v) is 10.8.